The van der Waals surface area contributed by atoms with Crippen molar-refractivity contribution >= 4 is 27.5 Å². The Morgan fingerprint density at radius 2 is 2.12 bits per heavy atom. The monoisotopic (exact) mass is 361 g/mol. The maximum atomic E-state index is 11.5. The molecule has 0 bridgehead atoms. The summed E-state index contributed by atoms with van der Waals surface area (Å²) < 4.78 is 31.7. The Labute approximate surface area is 147 Å². The highest BCUT2D eigenvalue weighted by Gasteiger charge is 2.27. The molecule has 0 spiro atoms. The Morgan fingerprint density at radius 3 is 2.79 bits per heavy atom. The van der Waals surface area contributed by atoms with Crippen molar-refractivity contribution in [3.05, 3.63) is 54.6 Å². The number of ether oxygens (including phenoxy) is 1. The molecule has 1 unspecified atom stereocenters. The molecule has 2 aromatic rings. The molecule has 0 saturated heterocycles. The zero-order valence-electron chi connectivity index (χ0n) is 13.6. The summed E-state index contributed by atoms with van der Waals surface area (Å²) in [7, 11) is -3.32. The number of nitrogens with one attached hydrogen (secondary N) is 1. The maximum Gasteiger partial charge on any atom is 0.229 e. The molecule has 0 fully saturated rings. The second kappa shape index (κ2) is 6.53. The number of sulfonamides is 1. The predicted molar refractivity (Wildman–Crippen MR) is 100 cm³/mol. The molecule has 1 aliphatic heterocycles. The van der Waals surface area contributed by atoms with Gasteiger partial charge in [0.25, 0.3) is 0 Å². The lowest BCUT2D eigenvalue weighted by molar-refractivity contribution is 0.205. The van der Waals surface area contributed by atoms with Gasteiger partial charge in [0, 0.05) is 28.1 Å². The molecule has 2 aromatic carbocycles. The zero-order valence-corrected chi connectivity index (χ0v) is 15.2. The first-order valence-electron chi connectivity index (χ1n) is 7.49. The first-order chi connectivity index (χ1) is 11.4. The molecule has 3 rings (SSSR count). The minimum atomic E-state index is -3.32. The molecule has 24 heavy (non-hydrogen) atoms. The maximum absolute atomic E-state index is 11.5. The summed E-state index contributed by atoms with van der Waals surface area (Å²) in [5, 5.41) is 0. The van der Waals surface area contributed by atoms with Gasteiger partial charge in [0.1, 0.15) is 11.9 Å². The molecular formula is C18H19NO3S2. The normalized spacial score (nSPS) is 15.8. The number of hydrogen-bond donors (Lipinski definition) is 1. The molecule has 126 valence electrons. The molecule has 4 nitrogen and oxygen atoms in total. The summed E-state index contributed by atoms with van der Waals surface area (Å²) in [6.45, 7) is 3.80. The Kier molecular flexibility index (Phi) is 4.60. The minimum absolute atomic E-state index is 0.177. The van der Waals surface area contributed by atoms with E-state index in [-0.39, 0.29) is 6.10 Å². The molecule has 0 aromatic heterocycles. The van der Waals surface area contributed by atoms with Gasteiger partial charge in [-0.05, 0) is 36.1 Å². The van der Waals surface area contributed by atoms with E-state index in [4.69, 9.17) is 4.74 Å². The number of benzene rings is 2. The summed E-state index contributed by atoms with van der Waals surface area (Å²) in [4.78, 5) is 1.13. The van der Waals surface area contributed by atoms with Crippen LogP contribution in [0.4, 0.5) is 5.69 Å². The Bertz CT molecular complexity index is 891. The fraction of sp³-hybridized carbons (Fsp3) is 0.222. The van der Waals surface area contributed by atoms with Crippen molar-refractivity contribution in [2.24, 2.45) is 0 Å². The molecule has 1 heterocycles. The summed E-state index contributed by atoms with van der Waals surface area (Å²) in [6, 6.07) is 11.6. The summed E-state index contributed by atoms with van der Waals surface area (Å²) in [5.74, 6) is 0.852. The van der Waals surface area contributed by atoms with E-state index >= 15 is 0 Å². The van der Waals surface area contributed by atoms with Gasteiger partial charge in [-0.3, -0.25) is 4.72 Å². The van der Waals surface area contributed by atoms with Crippen LogP contribution in [0, 0.1) is 0 Å². The first kappa shape index (κ1) is 16.9. The fourth-order valence-electron chi connectivity index (χ4n) is 2.92. The van der Waals surface area contributed by atoms with Crippen molar-refractivity contribution in [2.75, 3.05) is 17.2 Å². The van der Waals surface area contributed by atoms with Gasteiger partial charge in [-0.25, -0.2) is 8.42 Å². The average Bonchev–Trinajstić information content (AvgIpc) is 2.53. The van der Waals surface area contributed by atoms with E-state index in [1.165, 1.54) is 0 Å². The number of anilines is 1. The lowest BCUT2D eigenvalue weighted by Crippen LogP contribution is -2.15. The third-order valence-electron chi connectivity index (χ3n) is 3.83. The highest BCUT2D eigenvalue weighted by Crippen LogP contribution is 2.48. The van der Waals surface area contributed by atoms with Crippen molar-refractivity contribution in [3.8, 4) is 16.9 Å². The second-order valence-corrected chi connectivity index (χ2v) is 8.24. The van der Waals surface area contributed by atoms with Crippen LogP contribution in [-0.2, 0) is 10.0 Å². The van der Waals surface area contributed by atoms with Crippen LogP contribution in [0.25, 0.3) is 11.1 Å². The van der Waals surface area contributed by atoms with Gasteiger partial charge in [0.2, 0.25) is 10.0 Å². The van der Waals surface area contributed by atoms with Crippen LogP contribution >= 0.6 is 11.8 Å². The highest BCUT2D eigenvalue weighted by molar-refractivity contribution is 7.98. The molecule has 0 amide bonds. The molecule has 1 N–H and O–H groups in total. The number of hydrogen-bond acceptors (Lipinski definition) is 4. The Balaban J connectivity index is 2.17. The van der Waals surface area contributed by atoms with E-state index in [0.717, 1.165) is 33.6 Å². The topological polar surface area (TPSA) is 55.4 Å². The van der Waals surface area contributed by atoms with Crippen molar-refractivity contribution in [2.45, 2.75) is 17.4 Å². The van der Waals surface area contributed by atoms with E-state index in [1.807, 2.05) is 36.6 Å². The van der Waals surface area contributed by atoms with Crippen molar-refractivity contribution in [3.63, 3.8) is 0 Å². The van der Waals surface area contributed by atoms with Gasteiger partial charge < -0.3 is 4.74 Å². The first-order valence-corrected chi connectivity index (χ1v) is 10.6. The van der Waals surface area contributed by atoms with Crippen LogP contribution < -0.4 is 9.46 Å². The third kappa shape index (κ3) is 3.30. The van der Waals surface area contributed by atoms with Crippen LogP contribution in [0.1, 0.15) is 18.1 Å². The van der Waals surface area contributed by atoms with E-state index in [9.17, 15) is 8.42 Å². The lowest BCUT2D eigenvalue weighted by Gasteiger charge is -2.30. The molecule has 1 aliphatic rings. The van der Waals surface area contributed by atoms with Gasteiger partial charge in [0.05, 0.1) is 6.26 Å². The number of rotatable bonds is 5. The highest BCUT2D eigenvalue weighted by atomic mass is 32.2. The van der Waals surface area contributed by atoms with Gasteiger partial charge >= 0.3 is 0 Å². The van der Waals surface area contributed by atoms with Crippen molar-refractivity contribution < 1.29 is 13.2 Å². The van der Waals surface area contributed by atoms with Gasteiger partial charge in [-0.2, -0.15) is 0 Å². The second-order valence-electron chi connectivity index (χ2n) is 5.64. The molecule has 0 radical (unpaired) electrons. The van der Waals surface area contributed by atoms with Crippen LogP contribution in [0.2, 0.25) is 0 Å². The fourth-order valence-corrected chi connectivity index (χ4v) is 4.11. The number of thioether (sulfide) groups is 1. The molecule has 1 atom stereocenters. The van der Waals surface area contributed by atoms with E-state index < -0.39 is 10.0 Å². The largest absolute Gasteiger partial charge is 0.485 e. The van der Waals surface area contributed by atoms with Crippen LogP contribution in [0.3, 0.4) is 0 Å². The van der Waals surface area contributed by atoms with Crippen molar-refractivity contribution in [1.82, 2.24) is 0 Å². The molecule has 0 aliphatic carbocycles. The molecule has 0 saturated carbocycles. The SMILES string of the molecule is C=CCC1Oc2cccc(SC)c2-c2ccc(NS(C)(=O)=O)cc21. The number of fused-ring (bicyclic) bond motifs is 3. The average molecular weight is 361 g/mol. The molecule has 6 heteroatoms. The third-order valence-corrected chi connectivity index (χ3v) is 5.22. The molecular weight excluding hydrogens is 342 g/mol. The van der Waals surface area contributed by atoms with Crippen LogP contribution in [-0.4, -0.2) is 20.9 Å². The summed E-state index contributed by atoms with van der Waals surface area (Å²) in [6.07, 6.45) is 5.46. The van der Waals surface area contributed by atoms with Crippen LogP contribution in [0.15, 0.2) is 53.9 Å². The summed E-state index contributed by atoms with van der Waals surface area (Å²) in [5.41, 5.74) is 3.65. The summed E-state index contributed by atoms with van der Waals surface area (Å²) >= 11 is 1.66. The standard InChI is InChI=1S/C18H19NO3S2/c1-4-6-15-14-11-12(19-24(3,20)21)9-10-13(14)18-16(22-15)7-5-8-17(18)23-2/h4-5,7-11,15,19H,1,6H2,2-3H3. The van der Waals surface area contributed by atoms with Crippen molar-refractivity contribution in [1.29, 1.82) is 0 Å². The lowest BCUT2D eigenvalue weighted by atomic mass is 9.91. The van der Waals surface area contributed by atoms with Gasteiger partial charge in [0.15, 0.2) is 0 Å². The Hall–Kier alpha value is -1.92. The van der Waals surface area contributed by atoms with Gasteiger partial charge in [-0.15, -0.1) is 18.3 Å². The minimum Gasteiger partial charge on any atom is -0.485 e. The zero-order chi connectivity index (χ0) is 17.3. The quantitative estimate of drug-likeness (QED) is 0.631. The van der Waals surface area contributed by atoms with Gasteiger partial charge in [-0.1, -0.05) is 18.2 Å². The Morgan fingerprint density at radius 1 is 1.33 bits per heavy atom. The predicted octanol–water partition coefficient (Wildman–Crippen LogP) is 4.46. The smallest absolute Gasteiger partial charge is 0.229 e. The van der Waals surface area contributed by atoms with E-state index in [2.05, 4.69) is 17.4 Å². The van der Waals surface area contributed by atoms with Crippen LogP contribution in [0.5, 0.6) is 5.75 Å². The van der Waals surface area contributed by atoms with E-state index in [0.29, 0.717) is 12.1 Å². The van der Waals surface area contributed by atoms with E-state index in [1.54, 1.807) is 17.8 Å².